The van der Waals surface area contributed by atoms with E-state index >= 15 is 0 Å². The smallest absolute Gasteiger partial charge is 0.230 e. The maximum absolute atomic E-state index is 12.0. The van der Waals surface area contributed by atoms with E-state index in [1.165, 1.54) is 29.5 Å². The van der Waals surface area contributed by atoms with Gasteiger partial charge in [-0.15, -0.1) is 11.8 Å². The van der Waals surface area contributed by atoms with Gasteiger partial charge in [0, 0.05) is 24.9 Å². The number of nitrogens with one attached hydrogen (secondary N) is 1. The lowest BCUT2D eigenvalue weighted by atomic mass is 10.0. The number of hydrogen-bond acceptors (Lipinski definition) is 4. The zero-order valence-corrected chi connectivity index (χ0v) is 15.7. The van der Waals surface area contributed by atoms with Gasteiger partial charge in [-0.2, -0.15) is 0 Å². The molecule has 1 saturated heterocycles. The first-order chi connectivity index (χ1) is 11.6. The van der Waals surface area contributed by atoms with E-state index in [2.05, 4.69) is 42.3 Å². The van der Waals surface area contributed by atoms with E-state index in [4.69, 9.17) is 0 Å². The molecule has 1 atom stereocenters. The number of aryl methyl sites for hydroxylation is 2. The summed E-state index contributed by atoms with van der Waals surface area (Å²) < 4.78 is 0. The molecule has 0 saturated carbocycles. The Morgan fingerprint density at radius 3 is 2.75 bits per heavy atom. The number of aliphatic hydroxyl groups is 1. The van der Waals surface area contributed by atoms with Crippen LogP contribution in [-0.4, -0.2) is 53.9 Å². The van der Waals surface area contributed by atoms with Crippen LogP contribution in [0.5, 0.6) is 0 Å². The van der Waals surface area contributed by atoms with Crippen molar-refractivity contribution in [2.75, 3.05) is 32.0 Å². The highest BCUT2D eigenvalue weighted by atomic mass is 32.2. The summed E-state index contributed by atoms with van der Waals surface area (Å²) >= 11 is 1.66. The fourth-order valence-electron chi connectivity index (χ4n) is 3.36. The van der Waals surface area contributed by atoms with Crippen molar-refractivity contribution < 1.29 is 9.90 Å². The summed E-state index contributed by atoms with van der Waals surface area (Å²) in [6.45, 7) is 6.96. The molecule has 1 fully saturated rings. The Hall–Kier alpha value is -1.04. The van der Waals surface area contributed by atoms with Gasteiger partial charge >= 0.3 is 0 Å². The molecule has 0 aliphatic carbocycles. The van der Waals surface area contributed by atoms with E-state index in [0.717, 1.165) is 25.3 Å². The molecule has 2 rings (SSSR count). The molecule has 1 heterocycles. The van der Waals surface area contributed by atoms with Crippen LogP contribution < -0.4 is 5.32 Å². The second-order valence-electron chi connectivity index (χ2n) is 6.71. The average Bonchev–Trinajstić information content (AvgIpc) is 2.54. The van der Waals surface area contributed by atoms with Crippen LogP contribution in [0.2, 0.25) is 0 Å². The lowest BCUT2D eigenvalue weighted by Crippen LogP contribution is -2.45. The third-order valence-electron chi connectivity index (χ3n) is 4.46. The van der Waals surface area contributed by atoms with Crippen molar-refractivity contribution >= 4 is 17.7 Å². The van der Waals surface area contributed by atoms with Crippen molar-refractivity contribution in [1.29, 1.82) is 0 Å². The van der Waals surface area contributed by atoms with Crippen LogP contribution >= 0.6 is 11.8 Å². The number of carbonyl (C=O) groups is 1. The maximum Gasteiger partial charge on any atom is 0.230 e. The van der Waals surface area contributed by atoms with Gasteiger partial charge in [0.2, 0.25) is 5.91 Å². The zero-order valence-electron chi connectivity index (χ0n) is 14.9. The molecular weight excluding hydrogens is 320 g/mol. The summed E-state index contributed by atoms with van der Waals surface area (Å²) in [4.78, 5) is 14.3. The molecule has 4 nitrogen and oxygen atoms in total. The Kier molecular flexibility index (Phi) is 8.09. The van der Waals surface area contributed by atoms with E-state index in [-0.39, 0.29) is 18.6 Å². The molecule has 1 aromatic carbocycles. The monoisotopic (exact) mass is 350 g/mol. The summed E-state index contributed by atoms with van der Waals surface area (Å²) in [5.74, 6) is 1.47. The fourth-order valence-corrected chi connectivity index (χ4v) is 4.16. The van der Waals surface area contributed by atoms with E-state index in [0.29, 0.717) is 12.3 Å². The number of nitrogens with zero attached hydrogens (tertiary/aromatic N) is 1. The second kappa shape index (κ2) is 10.1. The van der Waals surface area contributed by atoms with Gasteiger partial charge in [-0.05, 0) is 38.8 Å². The molecule has 1 aliphatic heterocycles. The van der Waals surface area contributed by atoms with Crippen molar-refractivity contribution in [3.05, 3.63) is 34.9 Å². The van der Waals surface area contributed by atoms with Gasteiger partial charge in [0.1, 0.15) is 0 Å². The molecule has 24 heavy (non-hydrogen) atoms. The average molecular weight is 351 g/mol. The van der Waals surface area contributed by atoms with Gasteiger partial charge in [0.25, 0.3) is 0 Å². The van der Waals surface area contributed by atoms with E-state index in [1.54, 1.807) is 11.8 Å². The van der Waals surface area contributed by atoms with Crippen molar-refractivity contribution in [2.45, 2.75) is 44.9 Å². The second-order valence-corrected chi connectivity index (χ2v) is 7.69. The maximum atomic E-state index is 12.0. The molecule has 0 radical (unpaired) electrons. The van der Waals surface area contributed by atoms with E-state index in [1.807, 2.05) is 0 Å². The van der Waals surface area contributed by atoms with Crippen LogP contribution in [0.1, 0.15) is 36.0 Å². The summed E-state index contributed by atoms with van der Waals surface area (Å²) in [6.07, 6.45) is 3.45. The van der Waals surface area contributed by atoms with E-state index in [9.17, 15) is 9.90 Å². The van der Waals surface area contributed by atoms with Crippen molar-refractivity contribution in [3.63, 3.8) is 0 Å². The highest BCUT2D eigenvalue weighted by Gasteiger charge is 2.20. The topological polar surface area (TPSA) is 52.6 Å². The highest BCUT2D eigenvalue weighted by molar-refractivity contribution is 7.99. The van der Waals surface area contributed by atoms with Crippen LogP contribution in [-0.2, 0) is 10.5 Å². The number of benzene rings is 1. The predicted octanol–water partition coefficient (Wildman–Crippen LogP) is 2.50. The van der Waals surface area contributed by atoms with Crippen molar-refractivity contribution in [2.24, 2.45) is 0 Å². The normalized spacial score (nSPS) is 18.5. The zero-order chi connectivity index (χ0) is 17.4. The minimum absolute atomic E-state index is 0.0990. The Morgan fingerprint density at radius 2 is 2.04 bits per heavy atom. The van der Waals surface area contributed by atoms with Gasteiger partial charge < -0.3 is 10.4 Å². The first kappa shape index (κ1) is 19.3. The van der Waals surface area contributed by atoms with Gasteiger partial charge in [0.05, 0.1) is 12.4 Å². The molecule has 1 aliphatic rings. The first-order valence-electron chi connectivity index (χ1n) is 8.85. The largest absolute Gasteiger partial charge is 0.395 e. The molecule has 5 heteroatoms. The highest BCUT2D eigenvalue weighted by Crippen LogP contribution is 2.16. The molecule has 0 unspecified atom stereocenters. The Morgan fingerprint density at radius 1 is 1.29 bits per heavy atom. The number of likely N-dealkylation sites (tertiary alicyclic amines) is 1. The van der Waals surface area contributed by atoms with Crippen molar-refractivity contribution in [3.8, 4) is 0 Å². The van der Waals surface area contributed by atoms with Gasteiger partial charge in [-0.25, -0.2) is 0 Å². The number of amides is 1. The minimum Gasteiger partial charge on any atom is -0.395 e. The quantitative estimate of drug-likeness (QED) is 0.756. The molecule has 0 aromatic heterocycles. The Bertz CT molecular complexity index is 516. The third-order valence-corrected chi connectivity index (χ3v) is 5.47. The number of thioether (sulfide) groups is 1. The van der Waals surface area contributed by atoms with Crippen molar-refractivity contribution in [1.82, 2.24) is 10.2 Å². The fraction of sp³-hybridized carbons (Fsp3) is 0.632. The summed E-state index contributed by atoms with van der Waals surface area (Å²) in [5, 5.41) is 12.4. The summed E-state index contributed by atoms with van der Waals surface area (Å²) in [7, 11) is 0. The Labute approximate surface area is 150 Å². The standard InChI is InChI=1S/C19H30N2O2S/c1-15-9-16(2)11-17(10-15)13-24-14-19(23)20-6-8-21-7-4-3-5-18(21)12-22/h9-11,18,22H,3-8,12-14H2,1-2H3,(H,20,23)/t18-/m0/s1. The number of piperidine rings is 1. The first-order valence-corrected chi connectivity index (χ1v) is 10.0. The number of hydrogen-bond donors (Lipinski definition) is 2. The van der Waals surface area contributed by atoms with E-state index < -0.39 is 0 Å². The van der Waals surface area contributed by atoms with Crippen LogP contribution in [0, 0.1) is 13.8 Å². The molecule has 1 aromatic rings. The van der Waals surface area contributed by atoms with Gasteiger partial charge in [0.15, 0.2) is 0 Å². The number of rotatable bonds is 8. The van der Waals surface area contributed by atoms with Crippen LogP contribution in [0.3, 0.4) is 0 Å². The minimum atomic E-state index is 0.0990. The van der Waals surface area contributed by atoms with Gasteiger partial charge in [-0.3, -0.25) is 9.69 Å². The van der Waals surface area contributed by atoms with Crippen LogP contribution in [0.15, 0.2) is 18.2 Å². The molecular formula is C19H30N2O2S. The number of aliphatic hydroxyl groups excluding tert-OH is 1. The molecule has 0 spiro atoms. The summed E-state index contributed by atoms with van der Waals surface area (Å²) in [5.41, 5.74) is 3.83. The summed E-state index contributed by atoms with van der Waals surface area (Å²) in [6, 6.07) is 6.81. The Balaban J connectivity index is 1.62. The third kappa shape index (κ3) is 6.46. The predicted molar refractivity (Wildman–Crippen MR) is 101 cm³/mol. The SMILES string of the molecule is Cc1cc(C)cc(CSCC(=O)NCCN2CCCC[C@H]2CO)c1. The lowest BCUT2D eigenvalue weighted by molar-refractivity contribution is -0.118. The molecule has 1 amide bonds. The molecule has 0 bridgehead atoms. The number of carbonyl (C=O) groups excluding carboxylic acids is 1. The molecule has 134 valence electrons. The lowest BCUT2D eigenvalue weighted by Gasteiger charge is -2.34. The molecule has 2 N–H and O–H groups in total. The van der Waals surface area contributed by atoms with Crippen LogP contribution in [0.4, 0.5) is 0 Å². The van der Waals surface area contributed by atoms with Gasteiger partial charge in [-0.1, -0.05) is 35.7 Å². The van der Waals surface area contributed by atoms with Crippen LogP contribution in [0.25, 0.3) is 0 Å².